The molecular weight excluding hydrogens is 370 g/mol. The van der Waals surface area contributed by atoms with Crippen molar-refractivity contribution in [3.8, 4) is 22.5 Å². The van der Waals surface area contributed by atoms with E-state index in [0.29, 0.717) is 0 Å². The molecule has 3 rings (SSSR count). The molecule has 0 aliphatic rings. The van der Waals surface area contributed by atoms with Gasteiger partial charge in [0.05, 0.1) is 17.0 Å². The molecule has 0 unspecified atom stereocenters. The van der Waals surface area contributed by atoms with Crippen molar-refractivity contribution >= 4 is 0 Å². The molecule has 3 aromatic rings. The third-order valence-corrected chi connectivity index (χ3v) is 3.59. The van der Waals surface area contributed by atoms with Gasteiger partial charge in [-0.1, -0.05) is 30.3 Å². The lowest BCUT2D eigenvalue weighted by Gasteiger charge is -2.17. The number of hydrogen-bond donors (Lipinski definition) is 0. The Labute approximate surface area is 160 Å². The largest absolute Gasteiger partial charge is 0.362 e. The molecule has 0 saturated carbocycles. The first-order chi connectivity index (χ1) is 12.5. The van der Waals surface area contributed by atoms with Crippen LogP contribution in [0.25, 0.3) is 22.5 Å². The Hall–Kier alpha value is -2.35. The molecule has 7 heteroatoms. The summed E-state index contributed by atoms with van der Waals surface area (Å²) in [6.07, 6.45) is 3.61. The Morgan fingerprint density at radius 2 is 1.41 bits per heavy atom. The average molecular weight is 390 g/mol. The monoisotopic (exact) mass is 389 g/mol. The van der Waals surface area contributed by atoms with Crippen molar-refractivity contribution in [1.82, 2.24) is 4.98 Å². The topological polar surface area (TPSA) is 116 Å². The highest BCUT2D eigenvalue weighted by atomic mass is 35.7. The minimum absolute atomic E-state index is 0.0538. The van der Waals surface area contributed by atoms with Gasteiger partial charge in [-0.2, -0.15) is 0 Å². The van der Waals surface area contributed by atoms with Crippen LogP contribution in [0.5, 0.6) is 0 Å². The van der Waals surface area contributed by atoms with Crippen molar-refractivity contribution in [3.05, 3.63) is 72.8 Å². The summed E-state index contributed by atoms with van der Waals surface area (Å²) in [4.78, 5) is 4.20. The van der Waals surface area contributed by atoms with E-state index in [9.17, 15) is 0 Å². The van der Waals surface area contributed by atoms with Crippen LogP contribution in [0.2, 0.25) is 0 Å². The fourth-order valence-corrected chi connectivity index (χ4v) is 2.32. The second-order valence-corrected chi connectivity index (χ2v) is 7.57. The Morgan fingerprint density at radius 3 is 1.93 bits per heavy atom. The second-order valence-electron chi connectivity index (χ2n) is 6.81. The molecule has 0 aliphatic heterocycles. The van der Waals surface area contributed by atoms with Gasteiger partial charge in [-0.15, -0.1) is 10.2 Å². The van der Waals surface area contributed by atoms with Gasteiger partial charge in [0, 0.05) is 24.0 Å². The van der Waals surface area contributed by atoms with E-state index in [4.69, 9.17) is 23.1 Å². The van der Waals surface area contributed by atoms with E-state index in [1.807, 2.05) is 24.4 Å². The molecule has 0 amide bonds. The van der Waals surface area contributed by atoms with E-state index in [0.717, 1.165) is 22.6 Å². The van der Waals surface area contributed by atoms with Crippen LogP contribution in [0.4, 0.5) is 0 Å². The van der Waals surface area contributed by atoms with Crippen LogP contribution in [0, 0.1) is 10.2 Å². The van der Waals surface area contributed by atoms with Crippen LogP contribution in [-0.4, -0.2) is 4.98 Å². The lowest BCUT2D eigenvalue weighted by molar-refractivity contribution is -2.00. The van der Waals surface area contributed by atoms with E-state index in [-0.39, 0.29) is 5.41 Å². The van der Waals surface area contributed by atoms with E-state index < -0.39 is 10.2 Å². The fraction of sp³-hybridized carbons (Fsp3) is 0.200. The highest BCUT2D eigenvalue weighted by Gasteiger charge is 2.29. The lowest BCUT2D eigenvalue weighted by atomic mass is 9.91. The van der Waals surface area contributed by atoms with Crippen LogP contribution < -0.4 is 18.6 Å². The highest BCUT2D eigenvalue weighted by Crippen LogP contribution is 2.33. The molecule has 0 saturated heterocycles. The minimum atomic E-state index is -4.94. The third-order valence-electron chi connectivity index (χ3n) is 3.59. The van der Waals surface area contributed by atoms with Crippen molar-refractivity contribution in [2.24, 2.45) is 0 Å². The Kier molecular flexibility index (Phi) is 6.64. The number of rotatable bonds is 2. The molecule has 2 aromatic heterocycles. The van der Waals surface area contributed by atoms with Crippen LogP contribution in [0.15, 0.2) is 71.4 Å². The van der Waals surface area contributed by atoms with E-state index in [2.05, 4.69) is 62.2 Å². The molecule has 0 spiro atoms. The normalized spacial score (nSPS) is 11.5. The van der Waals surface area contributed by atoms with E-state index >= 15 is 0 Å². The SMILES string of the molecule is CC(C)(C)c1cc(-c2ccccc2)cc(-c2cccnc2)[o+]1.[O-][Cl+3]([O-])([O-])[O-]. The van der Waals surface area contributed by atoms with Gasteiger partial charge in [0.25, 0.3) is 0 Å². The summed E-state index contributed by atoms with van der Waals surface area (Å²) in [5, 5.41) is 0. The predicted molar refractivity (Wildman–Crippen MR) is 90.5 cm³/mol. The summed E-state index contributed by atoms with van der Waals surface area (Å²) in [6, 6.07) is 18.5. The quantitative estimate of drug-likeness (QED) is 0.599. The maximum absolute atomic E-state index is 8.49. The Bertz CT molecular complexity index is 795. The molecule has 27 heavy (non-hydrogen) atoms. The first-order valence-corrected chi connectivity index (χ1v) is 9.34. The average Bonchev–Trinajstić information content (AvgIpc) is 2.61. The predicted octanol–water partition coefficient (Wildman–Crippen LogP) is 0.831. The van der Waals surface area contributed by atoms with Gasteiger partial charge in [0.15, 0.2) is 0 Å². The summed E-state index contributed by atoms with van der Waals surface area (Å²) in [6.45, 7) is 6.48. The first kappa shape index (κ1) is 21.0. The fourth-order valence-electron chi connectivity index (χ4n) is 2.32. The van der Waals surface area contributed by atoms with Gasteiger partial charge in [-0.3, -0.25) is 4.98 Å². The van der Waals surface area contributed by atoms with E-state index in [1.54, 1.807) is 6.20 Å². The smallest absolute Gasteiger partial charge is 0.264 e. The van der Waals surface area contributed by atoms with Gasteiger partial charge in [0.2, 0.25) is 0 Å². The van der Waals surface area contributed by atoms with Gasteiger partial charge in [0.1, 0.15) is 0 Å². The zero-order valence-electron chi connectivity index (χ0n) is 15.2. The minimum Gasteiger partial charge on any atom is -0.264 e. The lowest BCUT2D eigenvalue weighted by Crippen LogP contribution is -2.68. The molecule has 0 bridgehead atoms. The number of nitrogens with zero attached hydrogens (tertiary/aromatic N) is 1. The summed E-state index contributed by atoms with van der Waals surface area (Å²) in [5.74, 6) is 1.81. The first-order valence-electron chi connectivity index (χ1n) is 8.10. The summed E-state index contributed by atoms with van der Waals surface area (Å²) in [5.41, 5.74) is 3.29. The maximum Gasteiger partial charge on any atom is 0.362 e. The number of benzene rings is 1. The molecule has 142 valence electrons. The summed E-state index contributed by atoms with van der Waals surface area (Å²) in [7, 11) is -4.94. The van der Waals surface area contributed by atoms with Gasteiger partial charge >= 0.3 is 11.5 Å². The van der Waals surface area contributed by atoms with Crippen molar-refractivity contribution < 1.29 is 33.3 Å². The summed E-state index contributed by atoms with van der Waals surface area (Å²) >= 11 is 0. The second kappa shape index (κ2) is 8.56. The van der Waals surface area contributed by atoms with Crippen molar-refractivity contribution in [3.63, 3.8) is 0 Å². The maximum atomic E-state index is 8.49. The van der Waals surface area contributed by atoms with Gasteiger partial charge in [-0.05, 0) is 38.5 Å². The zero-order chi connectivity index (χ0) is 20.1. The Balaban J connectivity index is 0.000000465. The van der Waals surface area contributed by atoms with Crippen molar-refractivity contribution in [2.75, 3.05) is 0 Å². The molecule has 1 aromatic carbocycles. The van der Waals surface area contributed by atoms with Crippen LogP contribution >= 0.6 is 0 Å². The van der Waals surface area contributed by atoms with E-state index in [1.165, 1.54) is 5.56 Å². The standard InChI is InChI=1S/C20H20NO.ClHO4/c1-20(2,3)19-13-17(15-8-5-4-6-9-15)12-18(22-19)16-10-7-11-21-14-16;2-1(3,4)5/h4-14H,1-3H3;(H,2,3,4,5)/q+1;/p-1. The van der Waals surface area contributed by atoms with Gasteiger partial charge in [-0.25, -0.2) is 23.1 Å². The Morgan fingerprint density at radius 1 is 0.815 bits per heavy atom. The van der Waals surface area contributed by atoms with Crippen LogP contribution in [0.3, 0.4) is 0 Å². The van der Waals surface area contributed by atoms with Gasteiger partial charge < -0.3 is 0 Å². The van der Waals surface area contributed by atoms with Crippen LogP contribution in [0.1, 0.15) is 26.5 Å². The molecular formula is C20H20ClNO5. The molecule has 0 radical (unpaired) electrons. The highest BCUT2D eigenvalue weighted by molar-refractivity contribution is 5.69. The van der Waals surface area contributed by atoms with Crippen molar-refractivity contribution in [2.45, 2.75) is 26.2 Å². The third kappa shape index (κ3) is 7.05. The molecule has 2 heterocycles. The molecule has 0 fully saturated rings. The number of pyridine rings is 1. The molecule has 0 N–H and O–H groups in total. The molecule has 0 aliphatic carbocycles. The number of hydrogen-bond acceptors (Lipinski definition) is 5. The molecule has 6 nitrogen and oxygen atoms in total. The number of halogens is 1. The molecule has 0 atom stereocenters. The summed E-state index contributed by atoms with van der Waals surface area (Å²) < 4.78 is 40.1. The zero-order valence-corrected chi connectivity index (χ0v) is 16.0. The van der Waals surface area contributed by atoms with Crippen molar-refractivity contribution in [1.29, 1.82) is 0 Å². The number of aromatic nitrogens is 1. The van der Waals surface area contributed by atoms with Crippen LogP contribution in [-0.2, 0) is 5.41 Å².